The van der Waals surface area contributed by atoms with Gasteiger partial charge in [-0.2, -0.15) is 0 Å². The number of hydrogen-bond donors (Lipinski definition) is 4. The second-order valence-electron chi connectivity index (χ2n) is 16.0. The third-order valence-electron chi connectivity index (χ3n) is 14.6. The van der Waals surface area contributed by atoms with E-state index in [9.17, 15) is 20.1 Å². The van der Waals surface area contributed by atoms with Crippen LogP contribution in [0.5, 0.6) is 11.5 Å². The normalized spacial score (nSPS) is 45.6. The average molecular weight is 595 g/mol. The number of benzene rings is 1. The molecule has 238 valence electrons. The fourth-order valence-electron chi connectivity index (χ4n) is 12.1. The fraction of sp³-hybridized carbons (Fsp3) is 0.750. The highest BCUT2D eigenvalue weighted by atomic mass is 16.5. The molecule has 5 fully saturated rings. The highest BCUT2D eigenvalue weighted by Crippen LogP contribution is 2.89. The van der Waals surface area contributed by atoms with Crippen molar-refractivity contribution in [2.24, 2.45) is 44.8 Å². The van der Waals surface area contributed by atoms with Crippen LogP contribution in [0.3, 0.4) is 0 Å². The predicted molar refractivity (Wildman–Crippen MR) is 168 cm³/mol. The number of nitrogens with zero attached hydrogens (tertiary/aromatic N) is 1. The summed E-state index contributed by atoms with van der Waals surface area (Å²) in [6.07, 6.45) is 11.7. The lowest BCUT2D eigenvalue weighted by Gasteiger charge is -2.63. The minimum atomic E-state index is -0.382. The smallest absolute Gasteiger partial charge is 0.244 e. The summed E-state index contributed by atoms with van der Waals surface area (Å²) in [4.78, 5) is 15.4. The summed E-state index contributed by atoms with van der Waals surface area (Å²) in [6.45, 7) is 9.58. The molecule has 2 spiro atoms. The number of carbonyl (C=O) groups excluding carboxylic acids is 1. The van der Waals surface area contributed by atoms with Crippen molar-refractivity contribution in [3.63, 3.8) is 0 Å². The molecule has 0 heterocycles. The van der Waals surface area contributed by atoms with Crippen molar-refractivity contribution < 1.29 is 24.9 Å². The number of aromatic hydroxyl groups is 1. The third-order valence-corrected chi connectivity index (χ3v) is 14.6. The van der Waals surface area contributed by atoms with Crippen LogP contribution < -0.4 is 10.1 Å². The Morgan fingerprint density at radius 2 is 1.79 bits per heavy atom. The number of rotatable bonds is 7. The van der Waals surface area contributed by atoms with Crippen LogP contribution in [0.25, 0.3) is 6.08 Å². The highest BCUT2D eigenvalue weighted by molar-refractivity contribution is 5.92. The van der Waals surface area contributed by atoms with Gasteiger partial charge in [-0.3, -0.25) is 4.79 Å². The van der Waals surface area contributed by atoms with Gasteiger partial charge >= 0.3 is 0 Å². The van der Waals surface area contributed by atoms with Gasteiger partial charge in [0.05, 0.1) is 19.8 Å². The summed E-state index contributed by atoms with van der Waals surface area (Å²) in [5.41, 5.74) is 1.08. The Labute approximate surface area is 258 Å². The van der Waals surface area contributed by atoms with E-state index in [-0.39, 0.29) is 58.0 Å². The van der Waals surface area contributed by atoms with E-state index in [0.29, 0.717) is 29.0 Å². The second kappa shape index (κ2) is 10.2. The van der Waals surface area contributed by atoms with Gasteiger partial charge in [-0.25, -0.2) is 0 Å². The van der Waals surface area contributed by atoms with Gasteiger partial charge in [-0.1, -0.05) is 26.8 Å². The van der Waals surface area contributed by atoms with Crippen LogP contribution in [0.1, 0.15) is 84.6 Å². The zero-order valence-corrected chi connectivity index (χ0v) is 27.3. The number of aliphatic hydroxyl groups is 2. The average Bonchev–Trinajstić information content (AvgIpc) is 3.58. The van der Waals surface area contributed by atoms with E-state index in [4.69, 9.17) is 4.74 Å². The number of phenolic OH excluding ortho intramolecular Hbond substituents is 1. The molecule has 1 amide bonds. The summed E-state index contributed by atoms with van der Waals surface area (Å²) >= 11 is 0. The first kappa shape index (κ1) is 30.9. The molecular formula is C36H54N2O5. The molecule has 0 saturated heterocycles. The van der Waals surface area contributed by atoms with Gasteiger partial charge in [0.15, 0.2) is 11.5 Å². The Kier molecular flexibility index (Phi) is 7.34. The molecule has 2 unspecified atom stereocenters. The van der Waals surface area contributed by atoms with Gasteiger partial charge in [0.25, 0.3) is 0 Å². The molecule has 43 heavy (non-hydrogen) atoms. The minimum Gasteiger partial charge on any atom is -0.504 e. The van der Waals surface area contributed by atoms with E-state index >= 15 is 0 Å². The van der Waals surface area contributed by atoms with Crippen molar-refractivity contribution >= 4 is 12.0 Å². The van der Waals surface area contributed by atoms with Crippen molar-refractivity contribution in [3.8, 4) is 11.5 Å². The standard InChI is InChI=1S/C36H54N2O5/c1-22(38(5)6)31-25(41)19-34(4)28-12-11-27-32(2,21-39)29(14-15-35(27)20-36(28,35)17-16-33(31,34)3)37-30(42)13-9-23-8-10-26(43-7)24(40)18-23/h8-10,13,18,22,25,27-29,31,39-41H,11-12,14-17,19-21H2,1-7H3,(H,37,42)/b13-9+/t22?,25-,27?,28+,29+,31+,32+,33-,34+,35-,36+/m1/s1. The summed E-state index contributed by atoms with van der Waals surface area (Å²) in [5.74, 6) is 1.52. The van der Waals surface area contributed by atoms with Crippen LogP contribution in [0.4, 0.5) is 0 Å². The number of carbonyl (C=O) groups is 1. The summed E-state index contributed by atoms with van der Waals surface area (Å²) in [7, 11) is 5.80. The fourth-order valence-corrected chi connectivity index (χ4v) is 12.1. The number of phenols is 1. The molecule has 1 aromatic rings. The number of methoxy groups -OCH3 is 1. The van der Waals surface area contributed by atoms with E-state index < -0.39 is 0 Å². The van der Waals surface area contributed by atoms with E-state index in [1.54, 1.807) is 24.3 Å². The molecule has 7 nitrogen and oxygen atoms in total. The molecule has 1 aromatic carbocycles. The Morgan fingerprint density at radius 1 is 1.09 bits per heavy atom. The largest absolute Gasteiger partial charge is 0.504 e. The van der Waals surface area contributed by atoms with Crippen LogP contribution in [0.15, 0.2) is 24.3 Å². The Balaban J connectivity index is 1.21. The lowest BCUT2D eigenvalue weighted by molar-refractivity contribution is -0.156. The molecule has 6 rings (SSSR count). The quantitative estimate of drug-likeness (QED) is 0.323. The molecule has 0 bridgehead atoms. The van der Waals surface area contributed by atoms with E-state index in [2.05, 4.69) is 52.0 Å². The van der Waals surface area contributed by atoms with Gasteiger partial charge in [0, 0.05) is 29.5 Å². The molecule has 5 aliphatic carbocycles. The molecule has 4 N–H and O–H groups in total. The van der Waals surface area contributed by atoms with E-state index in [1.165, 1.54) is 26.0 Å². The van der Waals surface area contributed by atoms with Crippen molar-refractivity contribution in [2.75, 3.05) is 27.8 Å². The summed E-state index contributed by atoms with van der Waals surface area (Å²) in [6, 6.07) is 5.31. The van der Waals surface area contributed by atoms with Gasteiger partial charge < -0.3 is 30.3 Å². The maximum atomic E-state index is 13.1. The van der Waals surface area contributed by atoms with Crippen LogP contribution >= 0.6 is 0 Å². The first-order chi connectivity index (χ1) is 20.2. The lowest BCUT2D eigenvalue weighted by atomic mass is 9.41. The molecule has 5 saturated carbocycles. The molecule has 7 heteroatoms. The Morgan fingerprint density at radius 3 is 2.44 bits per heavy atom. The monoisotopic (exact) mass is 594 g/mol. The van der Waals surface area contributed by atoms with Crippen molar-refractivity contribution in [1.82, 2.24) is 10.2 Å². The van der Waals surface area contributed by atoms with Crippen LogP contribution in [0, 0.1) is 44.8 Å². The van der Waals surface area contributed by atoms with Gasteiger partial charge in [0.1, 0.15) is 0 Å². The zero-order valence-electron chi connectivity index (χ0n) is 27.3. The van der Waals surface area contributed by atoms with Crippen LogP contribution in [0.2, 0.25) is 0 Å². The van der Waals surface area contributed by atoms with Crippen molar-refractivity contribution in [2.45, 2.75) is 97.2 Å². The van der Waals surface area contributed by atoms with Crippen LogP contribution in [-0.4, -0.2) is 72.1 Å². The Hall–Kier alpha value is -2.09. The molecule has 11 atom stereocenters. The number of amides is 1. The minimum absolute atomic E-state index is 0.0381. The van der Waals surface area contributed by atoms with Gasteiger partial charge in [0.2, 0.25) is 5.91 Å². The van der Waals surface area contributed by atoms with Gasteiger partial charge in [-0.15, -0.1) is 0 Å². The number of ether oxygens (including phenoxy) is 1. The topological polar surface area (TPSA) is 102 Å². The predicted octanol–water partition coefficient (Wildman–Crippen LogP) is 5.23. The molecule has 5 aliphatic rings. The third kappa shape index (κ3) is 4.13. The first-order valence-corrected chi connectivity index (χ1v) is 16.5. The molecule has 0 aromatic heterocycles. The van der Waals surface area contributed by atoms with E-state index in [0.717, 1.165) is 44.1 Å². The maximum Gasteiger partial charge on any atom is 0.244 e. The highest BCUT2D eigenvalue weighted by Gasteiger charge is 2.83. The first-order valence-electron chi connectivity index (χ1n) is 16.5. The van der Waals surface area contributed by atoms with Crippen molar-refractivity contribution in [1.29, 1.82) is 0 Å². The van der Waals surface area contributed by atoms with E-state index in [1.807, 2.05) is 0 Å². The van der Waals surface area contributed by atoms with Crippen molar-refractivity contribution in [3.05, 3.63) is 29.8 Å². The van der Waals surface area contributed by atoms with Crippen LogP contribution in [-0.2, 0) is 4.79 Å². The summed E-state index contributed by atoms with van der Waals surface area (Å²) in [5, 5.41) is 35.9. The second-order valence-corrected chi connectivity index (χ2v) is 16.0. The SMILES string of the molecule is COc1ccc(/C=C/C(=O)N[C@H]2CC[C@]34C[C@]35CC[C@]3(C)[C@@H](C(C)N(C)C)[C@H](O)C[C@@]3(C)[C@@H]5CCC4[C@]2(C)CO)cc1O. The number of hydrogen-bond acceptors (Lipinski definition) is 6. The molecule has 0 radical (unpaired) electrons. The van der Waals surface area contributed by atoms with Gasteiger partial charge in [-0.05, 0) is 130 Å². The summed E-state index contributed by atoms with van der Waals surface area (Å²) < 4.78 is 5.12. The molecular weight excluding hydrogens is 540 g/mol. The lowest BCUT2D eigenvalue weighted by Crippen LogP contribution is -2.62. The Bertz CT molecular complexity index is 1300. The number of fused-ring (bicyclic) bond motifs is 2. The number of aliphatic hydroxyl groups excluding tert-OH is 2. The number of nitrogens with one attached hydrogen (secondary N) is 1. The molecule has 0 aliphatic heterocycles. The maximum absolute atomic E-state index is 13.1. The zero-order chi connectivity index (χ0) is 31.2.